The van der Waals surface area contributed by atoms with Gasteiger partial charge < -0.3 is 11.1 Å². The molecule has 20 heavy (non-hydrogen) atoms. The van der Waals surface area contributed by atoms with Crippen LogP contribution in [-0.2, 0) is 14.9 Å². The fourth-order valence-corrected chi connectivity index (χ4v) is 3.16. The number of carbonyl (C=O) groups excluding carboxylic acids is 1. The predicted octanol–water partition coefficient (Wildman–Crippen LogP) is 0.875. The van der Waals surface area contributed by atoms with Crippen molar-refractivity contribution in [3.63, 3.8) is 0 Å². The third-order valence-corrected chi connectivity index (χ3v) is 4.04. The number of benzene rings is 1. The molecule has 2 rings (SSSR count). The van der Waals surface area contributed by atoms with E-state index >= 15 is 0 Å². The Labute approximate surface area is 117 Å². The minimum Gasteiger partial charge on any atom is -0.385 e. The van der Waals surface area contributed by atoms with Crippen molar-refractivity contribution in [2.45, 2.75) is 6.42 Å². The van der Waals surface area contributed by atoms with Gasteiger partial charge in [-0.1, -0.05) is 18.2 Å². The summed E-state index contributed by atoms with van der Waals surface area (Å²) in [6, 6.07) is 7.35. The van der Waals surface area contributed by atoms with Crippen LogP contribution < -0.4 is 11.1 Å². The SMILES string of the molecule is NC(=O)C1=Cc2ccccc2NCCC1CS(=O)(=O)O. The van der Waals surface area contributed by atoms with Crippen molar-refractivity contribution in [1.29, 1.82) is 0 Å². The normalized spacial score (nSPS) is 19.1. The van der Waals surface area contributed by atoms with Crippen molar-refractivity contribution in [1.82, 2.24) is 0 Å². The second kappa shape index (κ2) is 5.64. The molecule has 4 N–H and O–H groups in total. The summed E-state index contributed by atoms with van der Waals surface area (Å²) in [5.41, 5.74) is 7.19. The van der Waals surface area contributed by atoms with Crippen molar-refractivity contribution in [2.24, 2.45) is 11.7 Å². The Kier molecular flexibility index (Phi) is 4.10. The molecule has 0 aliphatic carbocycles. The van der Waals surface area contributed by atoms with Crippen molar-refractivity contribution < 1.29 is 17.8 Å². The highest BCUT2D eigenvalue weighted by molar-refractivity contribution is 7.85. The molecular weight excluding hydrogens is 280 g/mol. The molecule has 0 spiro atoms. The van der Waals surface area contributed by atoms with Gasteiger partial charge in [0.25, 0.3) is 10.1 Å². The van der Waals surface area contributed by atoms with E-state index < -0.39 is 27.7 Å². The molecule has 1 aromatic rings. The lowest BCUT2D eigenvalue weighted by atomic mass is 9.92. The van der Waals surface area contributed by atoms with Crippen LogP contribution in [0.4, 0.5) is 5.69 Å². The summed E-state index contributed by atoms with van der Waals surface area (Å²) in [6.07, 6.45) is 1.97. The van der Waals surface area contributed by atoms with E-state index in [0.717, 1.165) is 11.3 Å². The number of nitrogens with two attached hydrogens (primary N) is 1. The molecule has 1 amide bonds. The summed E-state index contributed by atoms with van der Waals surface area (Å²) < 4.78 is 31.1. The highest BCUT2D eigenvalue weighted by Gasteiger charge is 2.25. The van der Waals surface area contributed by atoms with E-state index in [0.29, 0.717) is 13.0 Å². The number of hydrogen-bond acceptors (Lipinski definition) is 4. The van der Waals surface area contributed by atoms with Crippen LogP contribution in [0.1, 0.15) is 12.0 Å². The Morgan fingerprint density at radius 3 is 2.75 bits per heavy atom. The van der Waals surface area contributed by atoms with Crippen molar-refractivity contribution in [3.05, 3.63) is 35.4 Å². The third-order valence-electron chi connectivity index (χ3n) is 3.22. The molecule has 1 aliphatic heterocycles. The molecule has 1 aliphatic rings. The van der Waals surface area contributed by atoms with Crippen LogP contribution in [0.2, 0.25) is 0 Å². The van der Waals surface area contributed by atoms with E-state index in [2.05, 4.69) is 5.32 Å². The van der Waals surface area contributed by atoms with Crippen LogP contribution in [0.15, 0.2) is 29.8 Å². The molecule has 1 heterocycles. The van der Waals surface area contributed by atoms with Gasteiger partial charge in [-0.2, -0.15) is 8.42 Å². The van der Waals surface area contributed by atoms with Crippen LogP contribution in [0.5, 0.6) is 0 Å². The molecule has 6 nitrogen and oxygen atoms in total. The number of rotatable bonds is 3. The molecule has 1 unspecified atom stereocenters. The highest BCUT2D eigenvalue weighted by Crippen LogP contribution is 2.27. The van der Waals surface area contributed by atoms with Crippen LogP contribution in [-0.4, -0.2) is 31.2 Å². The van der Waals surface area contributed by atoms with Gasteiger partial charge in [-0.25, -0.2) is 0 Å². The second-order valence-corrected chi connectivity index (χ2v) is 6.21. The summed E-state index contributed by atoms with van der Waals surface area (Å²) in [5.74, 6) is -1.80. The molecule has 0 fully saturated rings. The molecule has 108 valence electrons. The first-order valence-electron chi connectivity index (χ1n) is 6.16. The molecule has 7 heteroatoms. The van der Waals surface area contributed by atoms with Gasteiger partial charge in [0, 0.05) is 23.7 Å². The molecular formula is C13H16N2O4S. The van der Waals surface area contributed by atoms with Gasteiger partial charge in [-0.3, -0.25) is 9.35 Å². The van der Waals surface area contributed by atoms with Crippen LogP contribution >= 0.6 is 0 Å². The van der Waals surface area contributed by atoms with Gasteiger partial charge in [-0.15, -0.1) is 0 Å². The number of carbonyl (C=O) groups is 1. The van der Waals surface area contributed by atoms with Gasteiger partial charge in [0.1, 0.15) is 0 Å². The maximum atomic E-state index is 11.6. The number of fused-ring (bicyclic) bond motifs is 1. The maximum Gasteiger partial charge on any atom is 0.265 e. The van der Waals surface area contributed by atoms with Crippen LogP contribution in [0.25, 0.3) is 6.08 Å². The first-order chi connectivity index (χ1) is 9.37. The van der Waals surface area contributed by atoms with E-state index in [1.165, 1.54) is 0 Å². The monoisotopic (exact) mass is 296 g/mol. The predicted molar refractivity (Wildman–Crippen MR) is 76.6 cm³/mol. The lowest BCUT2D eigenvalue weighted by Crippen LogP contribution is -2.28. The summed E-state index contributed by atoms with van der Waals surface area (Å²) in [7, 11) is -4.17. The first kappa shape index (κ1) is 14.5. The van der Waals surface area contributed by atoms with E-state index in [1.54, 1.807) is 12.1 Å². The van der Waals surface area contributed by atoms with Crippen molar-refractivity contribution >= 4 is 27.8 Å². The average Bonchev–Trinajstić information content (AvgIpc) is 2.31. The Hall–Kier alpha value is -1.86. The zero-order valence-electron chi connectivity index (χ0n) is 10.7. The first-order valence-corrected chi connectivity index (χ1v) is 7.77. The zero-order chi connectivity index (χ0) is 14.8. The summed E-state index contributed by atoms with van der Waals surface area (Å²) in [6.45, 7) is 0.488. The molecule has 1 atom stereocenters. The number of para-hydroxylation sites is 1. The molecule has 0 saturated carbocycles. The Balaban J connectivity index is 2.46. The smallest absolute Gasteiger partial charge is 0.265 e. The van der Waals surface area contributed by atoms with E-state index in [1.807, 2.05) is 18.2 Å². The summed E-state index contributed by atoms with van der Waals surface area (Å²) in [5, 5.41) is 3.17. The van der Waals surface area contributed by atoms with Gasteiger partial charge >= 0.3 is 0 Å². The lowest BCUT2D eigenvalue weighted by Gasteiger charge is -2.21. The second-order valence-electron chi connectivity index (χ2n) is 4.71. The fraction of sp³-hybridized carbons (Fsp3) is 0.308. The zero-order valence-corrected chi connectivity index (χ0v) is 11.6. The summed E-state index contributed by atoms with van der Waals surface area (Å²) in [4.78, 5) is 11.6. The largest absolute Gasteiger partial charge is 0.385 e. The number of anilines is 1. The number of nitrogens with one attached hydrogen (secondary N) is 1. The van der Waals surface area contributed by atoms with E-state index in [9.17, 15) is 13.2 Å². The number of hydrogen-bond donors (Lipinski definition) is 3. The fourth-order valence-electron chi connectivity index (χ4n) is 2.31. The molecule has 0 aromatic heterocycles. The van der Waals surface area contributed by atoms with Crippen molar-refractivity contribution in [3.8, 4) is 0 Å². The number of amides is 1. The Morgan fingerprint density at radius 1 is 1.40 bits per heavy atom. The van der Waals surface area contributed by atoms with Gasteiger partial charge in [0.2, 0.25) is 5.91 Å². The Bertz CT molecular complexity index is 652. The van der Waals surface area contributed by atoms with Gasteiger partial charge in [0.05, 0.1) is 5.75 Å². The van der Waals surface area contributed by atoms with E-state index in [4.69, 9.17) is 10.3 Å². The van der Waals surface area contributed by atoms with Crippen LogP contribution in [0, 0.1) is 5.92 Å². The maximum absolute atomic E-state index is 11.6. The minimum atomic E-state index is -4.17. The quantitative estimate of drug-likeness (QED) is 0.717. The molecule has 1 aromatic carbocycles. The number of primary amides is 1. The average molecular weight is 296 g/mol. The van der Waals surface area contributed by atoms with Gasteiger partial charge in [-0.05, 0) is 24.1 Å². The van der Waals surface area contributed by atoms with Crippen molar-refractivity contribution in [2.75, 3.05) is 17.6 Å². The minimum absolute atomic E-state index is 0.219. The molecule has 0 saturated heterocycles. The third kappa shape index (κ3) is 3.58. The lowest BCUT2D eigenvalue weighted by molar-refractivity contribution is -0.114. The highest BCUT2D eigenvalue weighted by atomic mass is 32.2. The van der Waals surface area contributed by atoms with E-state index in [-0.39, 0.29) is 5.57 Å². The van der Waals surface area contributed by atoms with Gasteiger partial charge in [0.15, 0.2) is 0 Å². The van der Waals surface area contributed by atoms with Crippen LogP contribution in [0.3, 0.4) is 0 Å². The molecule has 0 radical (unpaired) electrons. The topological polar surface area (TPSA) is 109 Å². The standard InChI is InChI=1S/C13H16N2O4S/c14-13(16)11-7-9-3-1-2-4-12(9)15-6-5-10(11)8-20(17,18)19/h1-4,7,10,15H,5-6,8H2,(H2,14,16)(H,17,18,19). The molecule has 0 bridgehead atoms. The Morgan fingerprint density at radius 2 is 2.10 bits per heavy atom. The summed E-state index contributed by atoms with van der Waals surface area (Å²) >= 11 is 0.